The van der Waals surface area contributed by atoms with Crippen molar-refractivity contribution in [1.82, 2.24) is 19.7 Å². The maximum absolute atomic E-state index is 12.6. The minimum absolute atomic E-state index is 0.174. The van der Waals surface area contributed by atoms with Crippen LogP contribution >= 0.6 is 11.6 Å². The molecule has 1 aromatic carbocycles. The fourth-order valence-electron chi connectivity index (χ4n) is 5.18. The van der Waals surface area contributed by atoms with Crippen LogP contribution in [0.3, 0.4) is 0 Å². The largest absolute Gasteiger partial charge is 0.496 e. The number of benzene rings is 1. The van der Waals surface area contributed by atoms with E-state index in [2.05, 4.69) is 15.4 Å². The van der Waals surface area contributed by atoms with E-state index in [9.17, 15) is 18.0 Å². The molecule has 3 heterocycles. The average Bonchev–Trinajstić information content (AvgIpc) is 3.46. The number of carbonyl (C=O) groups excluding carboxylic acids is 2. The molecule has 3 atom stereocenters. The summed E-state index contributed by atoms with van der Waals surface area (Å²) in [5.74, 6) is 0.704. The molecule has 0 aliphatic carbocycles. The van der Waals surface area contributed by atoms with Crippen molar-refractivity contribution in [3.05, 3.63) is 28.8 Å². The fourth-order valence-corrected chi connectivity index (χ4v) is 6.48. The van der Waals surface area contributed by atoms with Crippen molar-refractivity contribution < 1.29 is 27.5 Å². The molecule has 0 spiro atoms. The van der Waals surface area contributed by atoms with Gasteiger partial charge in [-0.05, 0) is 62.6 Å². The molecule has 3 N–H and O–H groups in total. The van der Waals surface area contributed by atoms with Crippen LogP contribution in [0.5, 0.6) is 5.75 Å². The summed E-state index contributed by atoms with van der Waals surface area (Å²) in [4.78, 5) is 24.7. The first-order chi connectivity index (χ1) is 16.7. The van der Waals surface area contributed by atoms with Gasteiger partial charge in [0.2, 0.25) is 0 Å². The van der Waals surface area contributed by atoms with Crippen molar-refractivity contribution in [2.24, 2.45) is 11.8 Å². The quantitative estimate of drug-likeness (QED) is 0.451. The van der Waals surface area contributed by atoms with Crippen molar-refractivity contribution in [2.75, 3.05) is 33.3 Å². The molecule has 4 rings (SSSR count). The zero-order valence-corrected chi connectivity index (χ0v) is 21.4. The van der Waals surface area contributed by atoms with Crippen LogP contribution in [0.25, 0.3) is 0 Å². The van der Waals surface area contributed by atoms with Gasteiger partial charge in [-0.25, -0.2) is 9.52 Å². The lowest BCUT2D eigenvalue weighted by molar-refractivity contribution is 0.0927. The van der Waals surface area contributed by atoms with Gasteiger partial charge in [0, 0.05) is 37.1 Å². The number of nitrogens with one attached hydrogen (secondary N) is 3. The highest BCUT2D eigenvalue weighted by Crippen LogP contribution is 2.38. The van der Waals surface area contributed by atoms with Gasteiger partial charge in [-0.15, -0.1) is 0 Å². The molecular formula is C23H33ClN4O6S. The summed E-state index contributed by atoms with van der Waals surface area (Å²) in [6.07, 6.45) is 5.48. The molecule has 3 saturated heterocycles. The third-order valence-electron chi connectivity index (χ3n) is 7.14. The topological polar surface area (TPSA) is 126 Å². The minimum atomic E-state index is -3.90. The zero-order valence-electron chi connectivity index (χ0n) is 19.8. The van der Waals surface area contributed by atoms with E-state index < -0.39 is 16.2 Å². The lowest BCUT2D eigenvalue weighted by Crippen LogP contribution is -2.50. The van der Waals surface area contributed by atoms with Crippen molar-refractivity contribution in [3.63, 3.8) is 0 Å². The monoisotopic (exact) mass is 528 g/mol. The molecule has 2 bridgehead atoms. The van der Waals surface area contributed by atoms with Gasteiger partial charge in [-0.3, -0.25) is 4.79 Å². The lowest BCUT2D eigenvalue weighted by atomic mass is 9.89. The molecule has 10 nitrogen and oxygen atoms in total. The number of hydrogen-bond donors (Lipinski definition) is 3. The molecule has 0 aromatic heterocycles. The van der Waals surface area contributed by atoms with Gasteiger partial charge in [-0.2, -0.15) is 12.7 Å². The number of nitrogens with zero attached hydrogens (tertiary/aromatic N) is 1. The van der Waals surface area contributed by atoms with Gasteiger partial charge in [0.05, 0.1) is 24.9 Å². The van der Waals surface area contributed by atoms with Crippen molar-refractivity contribution in [1.29, 1.82) is 0 Å². The average molecular weight is 529 g/mol. The third kappa shape index (κ3) is 6.58. The predicted molar refractivity (Wildman–Crippen MR) is 131 cm³/mol. The molecule has 0 radical (unpaired) electrons. The maximum Gasteiger partial charge on any atom is 0.329 e. The Morgan fingerprint density at radius 2 is 1.94 bits per heavy atom. The van der Waals surface area contributed by atoms with E-state index in [0.717, 1.165) is 25.7 Å². The van der Waals surface area contributed by atoms with Crippen LogP contribution in [0.4, 0.5) is 4.79 Å². The molecule has 0 unspecified atom stereocenters. The molecule has 12 heteroatoms. The Kier molecular flexibility index (Phi) is 8.41. The first kappa shape index (κ1) is 26.0. The summed E-state index contributed by atoms with van der Waals surface area (Å²) in [6, 6.07) is 4.17. The zero-order chi connectivity index (χ0) is 25.0. The van der Waals surface area contributed by atoms with Gasteiger partial charge < -0.3 is 20.1 Å². The molecular weight excluding hydrogens is 496 g/mol. The van der Waals surface area contributed by atoms with Gasteiger partial charge in [-0.1, -0.05) is 11.6 Å². The van der Waals surface area contributed by atoms with Crippen LogP contribution in [-0.2, 0) is 14.9 Å². The number of hydrogen-bond acceptors (Lipinski definition) is 6. The lowest BCUT2D eigenvalue weighted by Gasteiger charge is -2.31. The number of halogens is 1. The molecule has 3 fully saturated rings. The van der Waals surface area contributed by atoms with Crippen LogP contribution in [-0.4, -0.2) is 70.2 Å². The SMILES string of the molecule is COc1ccc(Cl)cc1C(=O)NCCC1CCN(S(=O)(=O)NC(=O)NC[C@@H]2C[C@@H]3CC[C@@H]2O3)CC1. The second kappa shape index (κ2) is 11.3. The number of methoxy groups -OCH3 is 1. The summed E-state index contributed by atoms with van der Waals surface area (Å²) in [6.45, 7) is 1.52. The van der Waals surface area contributed by atoms with Gasteiger partial charge in [0.1, 0.15) is 5.75 Å². The molecule has 0 saturated carbocycles. The first-order valence-electron chi connectivity index (χ1n) is 12.1. The summed E-state index contributed by atoms with van der Waals surface area (Å²) >= 11 is 5.99. The van der Waals surface area contributed by atoms with E-state index in [1.54, 1.807) is 18.2 Å². The molecule has 1 aromatic rings. The number of fused-ring (bicyclic) bond motifs is 2. The normalized spacial score (nSPS) is 24.8. The molecule has 3 amide bonds. The third-order valence-corrected chi connectivity index (χ3v) is 8.86. The summed E-state index contributed by atoms with van der Waals surface area (Å²) in [5.41, 5.74) is 0.373. The van der Waals surface area contributed by atoms with Gasteiger partial charge >= 0.3 is 16.2 Å². The summed E-state index contributed by atoms with van der Waals surface area (Å²) < 4.78 is 39.7. The molecule has 35 heavy (non-hydrogen) atoms. The fraction of sp³-hybridized carbons (Fsp3) is 0.652. The Balaban J connectivity index is 1.16. The van der Waals surface area contributed by atoms with Crippen molar-refractivity contribution >= 4 is 33.7 Å². The van der Waals surface area contributed by atoms with E-state index in [0.29, 0.717) is 55.4 Å². The highest BCUT2D eigenvalue weighted by atomic mass is 35.5. The van der Waals surface area contributed by atoms with Crippen LogP contribution in [0.2, 0.25) is 5.02 Å². The number of piperidine rings is 1. The number of ether oxygens (including phenoxy) is 2. The molecule has 194 valence electrons. The van der Waals surface area contributed by atoms with Crippen molar-refractivity contribution in [2.45, 2.75) is 50.7 Å². The highest BCUT2D eigenvalue weighted by molar-refractivity contribution is 7.87. The Morgan fingerprint density at radius 3 is 2.60 bits per heavy atom. The van der Waals surface area contributed by atoms with E-state index >= 15 is 0 Å². The highest BCUT2D eigenvalue weighted by Gasteiger charge is 2.40. The van der Waals surface area contributed by atoms with Crippen LogP contribution in [0.15, 0.2) is 18.2 Å². The van der Waals surface area contributed by atoms with Crippen LogP contribution in [0, 0.1) is 11.8 Å². The Bertz CT molecular complexity index is 1030. The van der Waals surface area contributed by atoms with Gasteiger partial charge in [0.25, 0.3) is 5.91 Å². The van der Waals surface area contributed by atoms with E-state index in [1.807, 2.05) is 0 Å². The number of rotatable bonds is 9. The standard InChI is InChI=1S/C23H33ClN4O6S/c1-33-21-4-2-17(24)13-19(21)22(29)25-9-6-15-7-10-28(11-8-15)35(31,32)27-23(30)26-14-16-12-18-3-5-20(16)34-18/h2,4,13,15-16,18,20H,3,5-12,14H2,1H3,(H,25,29)(H2,26,27,30)/t16-,18-,20-/m0/s1. The van der Waals surface area contributed by atoms with Crippen LogP contribution < -0.4 is 20.1 Å². The predicted octanol–water partition coefficient (Wildman–Crippen LogP) is 2.29. The Labute approximate surface area is 211 Å². The Morgan fingerprint density at radius 1 is 1.17 bits per heavy atom. The van der Waals surface area contributed by atoms with Crippen LogP contribution in [0.1, 0.15) is 48.9 Å². The smallest absolute Gasteiger partial charge is 0.329 e. The van der Waals surface area contributed by atoms with E-state index in [1.165, 1.54) is 11.4 Å². The van der Waals surface area contributed by atoms with E-state index in [-0.39, 0.29) is 30.0 Å². The minimum Gasteiger partial charge on any atom is -0.496 e. The number of urea groups is 1. The summed E-state index contributed by atoms with van der Waals surface area (Å²) in [5, 5.41) is 6.01. The van der Waals surface area contributed by atoms with Gasteiger partial charge in [0.15, 0.2) is 0 Å². The maximum atomic E-state index is 12.6. The second-order valence-electron chi connectivity index (χ2n) is 9.42. The van der Waals surface area contributed by atoms with E-state index in [4.69, 9.17) is 21.1 Å². The summed E-state index contributed by atoms with van der Waals surface area (Å²) in [7, 11) is -2.41. The second-order valence-corrected chi connectivity index (χ2v) is 11.5. The van der Waals surface area contributed by atoms with Crippen molar-refractivity contribution in [3.8, 4) is 5.75 Å². The molecule has 3 aliphatic heterocycles. The number of carbonyl (C=O) groups is 2. The number of amides is 3. The Hall–Kier alpha value is -2.08. The first-order valence-corrected chi connectivity index (χ1v) is 13.9. The molecule has 3 aliphatic rings.